The molecule has 0 unspecified atom stereocenters. The highest BCUT2D eigenvalue weighted by Crippen LogP contribution is 2.30. The van der Waals surface area contributed by atoms with Crippen LogP contribution < -0.4 is 5.32 Å². The van der Waals surface area contributed by atoms with Gasteiger partial charge in [0.15, 0.2) is 0 Å². The van der Waals surface area contributed by atoms with Crippen LogP contribution in [0.5, 0.6) is 0 Å². The number of aromatic nitrogens is 2. The maximum atomic E-state index is 13.0. The Morgan fingerprint density at radius 1 is 1.28 bits per heavy atom. The van der Waals surface area contributed by atoms with E-state index in [4.69, 9.17) is 4.98 Å². The standard InChI is InChI=1S/C24H25N5OS2/c1-15-16(2)29(13-18-8-7-11-31-18)23(19(15)12-25)27-22(30)14-28(4)17(3)24-26-20-9-5-6-10-21(20)32-24/h5-11,17H,13-14H2,1-4H3,(H,27,30)/t17-/m0/s1. The van der Waals surface area contributed by atoms with Crippen molar-refractivity contribution in [2.75, 3.05) is 18.9 Å². The number of anilines is 1. The van der Waals surface area contributed by atoms with Gasteiger partial charge in [-0.3, -0.25) is 9.69 Å². The molecule has 0 saturated heterocycles. The molecular formula is C24H25N5OS2. The van der Waals surface area contributed by atoms with E-state index in [-0.39, 0.29) is 18.5 Å². The van der Waals surface area contributed by atoms with Crippen LogP contribution in [0.1, 0.15) is 39.7 Å². The largest absolute Gasteiger partial charge is 0.325 e. The summed E-state index contributed by atoms with van der Waals surface area (Å²) in [5.41, 5.74) is 3.39. The number of nitrogens with zero attached hydrogens (tertiary/aromatic N) is 4. The molecule has 0 aliphatic carbocycles. The molecule has 8 heteroatoms. The monoisotopic (exact) mass is 463 g/mol. The fourth-order valence-electron chi connectivity index (χ4n) is 3.68. The second-order valence-electron chi connectivity index (χ2n) is 7.87. The number of rotatable bonds is 7. The van der Waals surface area contributed by atoms with E-state index in [2.05, 4.69) is 30.4 Å². The minimum Gasteiger partial charge on any atom is -0.325 e. The van der Waals surface area contributed by atoms with Gasteiger partial charge < -0.3 is 9.88 Å². The number of hydrogen-bond acceptors (Lipinski definition) is 6. The molecule has 1 aromatic carbocycles. The zero-order valence-electron chi connectivity index (χ0n) is 18.5. The van der Waals surface area contributed by atoms with Gasteiger partial charge in [-0.25, -0.2) is 4.98 Å². The van der Waals surface area contributed by atoms with Crippen LogP contribution in [0.3, 0.4) is 0 Å². The third-order valence-corrected chi connectivity index (χ3v) is 7.88. The summed E-state index contributed by atoms with van der Waals surface area (Å²) in [5.74, 6) is 0.420. The summed E-state index contributed by atoms with van der Waals surface area (Å²) in [6.45, 7) is 6.79. The van der Waals surface area contributed by atoms with Crippen LogP contribution in [0.4, 0.5) is 5.82 Å². The van der Waals surface area contributed by atoms with E-state index < -0.39 is 0 Å². The first-order valence-electron chi connectivity index (χ1n) is 10.4. The minimum absolute atomic E-state index is 0.00466. The Kier molecular flexibility index (Phi) is 6.42. The van der Waals surface area contributed by atoms with Crippen LogP contribution in [-0.2, 0) is 11.3 Å². The summed E-state index contributed by atoms with van der Waals surface area (Å²) >= 11 is 3.31. The molecule has 0 bridgehead atoms. The SMILES string of the molecule is Cc1c(C#N)c(NC(=O)CN(C)[C@@H](C)c2nc3ccccc3s2)n(Cc2cccs2)c1C. The van der Waals surface area contributed by atoms with Gasteiger partial charge in [0.05, 0.1) is 34.9 Å². The number of thiazole rings is 1. The molecule has 0 radical (unpaired) electrons. The molecule has 4 aromatic rings. The first kappa shape index (κ1) is 22.2. The molecule has 3 aromatic heterocycles. The number of thiophene rings is 1. The van der Waals surface area contributed by atoms with Gasteiger partial charge in [-0.15, -0.1) is 22.7 Å². The Balaban J connectivity index is 1.52. The van der Waals surface area contributed by atoms with Gasteiger partial charge in [0.2, 0.25) is 5.91 Å². The first-order valence-corrected chi connectivity index (χ1v) is 12.1. The molecular weight excluding hydrogens is 438 g/mol. The van der Waals surface area contributed by atoms with Crippen LogP contribution in [0.25, 0.3) is 10.2 Å². The van der Waals surface area contributed by atoms with Crippen LogP contribution >= 0.6 is 22.7 Å². The number of nitriles is 1. The normalized spacial score (nSPS) is 12.2. The van der Waals surface area contributed by atoms with Crippen molar-refractivity contribution in [1.82, 2.24) is 14.5 Å². The van der Waals surface area contributed by atoms with Crippen LogP contribution in [0.2, 0.25) is 0 Å². The molecule has 1 amide bonds. The fourth-order valence-corrected chi connectivity index (χ4v) is 5.46. The highest BCUT2D eigenvalue weighted by Gasteiger charge is 2.23. The van der Waals surface area contributed by atoms with Gasteiger partial charge in [-0.05, 0) is 57.0 Å². The number of likely N-dealkylation sites (N-methyl/N-ethyl adjacent to an activating group) is 1. The lowest BCUT2D eigenvalue weighted by molar-refractivity contribution is -0.117. The number of hydrogen-bond donors (Lipinski definition) is 1. The van der Waals surface area contributed by atoms with E-state index in [1.807, 2.05) is 60.0 Å². The molecule has 6 nitrogen and oxygen atoms in total. The molecule has 32 heavy (non-hydrogen) atoms. The Morgan fingerprint density at radius 3 is 2.75 bits per heavy atom. The number of fused-ring (bicyclic) bond motifs is 1. The Hall–Kier alpha value is -2.99. The second-order valence-corrected chi connectivity index (χ2v) is 9.96. The van der Waals surface area contributed by atoms with E-state index in [1.165, 1.54) is 4.88 Å². The van der Waals surface area contributed by atoms with Gasteiger partial charge in [0, 0.05) is 10.6 Å². The number of nitrogens with one attached hydrogen (secondary N) is 1. The summed E-state index contributed by atoms with van der Waals surface area (Å²) in [7, 11) is 1.92. The smallest absolute Gasteiger partial charge is 0.239 e. The average Bonchev–Trinajstić information content (AvgIpc) is 3.49. The number of amides is 1. The molecule has 3 heterocycles. The van der Waals surface area contributed by atoms with E-state index in [9.17, 15) is 10.1 Å². The molecule has 1 N–H and O–H groups in total. The number of para-hydroxylation sites is 1. The zero-order valence-corrected chi connectivity index (χ0v) is 20.2. The van der Waals surface area contributed by atoms with Crippen molar-refractivity contribution >= 4 is 44.6 Å². The molecule has 0 fully saturated rings. The second kappa shape index (κ2) is 9.25. The summed E-state index contributed by atoms with van der Waals surface area (Å²) in [4.78, 5) is 20.9. The lowest BCUT2D eigenvalue weighted by Gasteiger charge is -2.22. The van der Waals surface area contributed by atoms with E-state index in [1.54, 1.807) is 22.7 Å². The van der Waals surface area contributed by atoms with Crippen molar-refractivity contribution in [1.29, 1.82) is 5.26 Å². The van der Waals surface area contributed by atoms with Crippen LogP contribution in [0.15, 0.2) is 41.8 Å². The Labute approximate surface area is 195 Å². The van der Waals surface area contributed by atoms with Gasteiger partial charge in [-0.1, -0.05) is 18.2 Å². The van der Waals surface area contributed by atoms with Gasteiger partial charge in [-0.2, -0.15) is 5.26 Å². The lowest BCUT2D eigenvalue weighted by Crippen LogP contribution is -2.33. The highest BCUT2D eigenvalue weighted by atomic mass is 32.1. The predicted octanol–water partition coefficient (Wildman–Crippen LogP) is 5.33. The first-order chi connectivity index (χ1) is 15.4. The molecule has 0 aliphatic heterocycles. The van der Waals surface area contributed by atoms with Crippen molar-refractivity contribution in [3.05, 3.63) is 68.5 Å². The maximum absolute atomic E-state index is 13.0. The van der Waals surface area contributed by atoms with Crippen LogP contribution in [-0.4, -0.2) is 34.0 Å². The molecule has 0 saturated carbocycles. The topological polar surface area (TPSA) is 74.0 Å². The quantitative estimate of drug-likeness (QED) is 0.402. The molecule has 1 atom stereocenters. The van der Waals surface area contributed by atoms with E-state index in [0.29, 0.717) is 17.9 Å². The summed E-state index contributed by atoms with van der Waals surface area (Å²) < 4.78 is 3.16. The average molecular weight is 464 g/mol. The maximum Gasteiger partial charge on any atom is 0.239 e. The Morgan fingerprint density at radius 2 is 2.06 bits per heavy atom. The van der Waals surface area contributed by atoms with Crippen molar-refractivity contribution in [3.8, 4) is 6.07 Å². The summed E-state index contributed by atoms with van der Waals surface area (Å²) in [5, 5.41) is 15.8. The number of carbonyl (C=O) groups excluding carboxylic acids is 1. The van der Waals surface area contributed by atoms with Crippen molar-refractivity contribution in [2.24, 2.45) is 0 Å². The third kappa shape index (κ3) is 4.32. The Bertz CT molecular complexity index is 1260. The number of carbonyl (C=O) groups is 1. The van der Waals surface area contributed by atoms with Gasteiger partial charge in [0.25, 0.3) is 0 Å². The van der Waals surface area contributed by atoms with Crippen LogP contribution in [0, 0.1) is 25.2 Å². The molecule has 4 rings (SSSR count). The summed E-state index contributed by atoms with van der Waals surface area (Å²) in [6, 6.07) is 14.4. The third-order valence-electron chi connectivity index (χ3n) is 5.81. The van der Waals surface area contributed by atoms with Crippen molar-refractivity contribution in [3.63, 3.8) is 0 Å². The molecule has 0 aliphatic rings. The highest BCUT2D eigenvalue weighted by molar-refractivity contribution is 7.18. The van der Waals surface area contributed by atoms with Crippen molar-refractivity contribution in [2.45, 2.75) is 33.4 Å². The lowest BCUT2D eigenvalue weighted by atomic mass is 10.2. The van der Waals surface area contributed by atoms with E-state index >= 15 is 0 Å². The predicted molar refractivity (Wildman–Crippen MR) is 131 cm³/mol. The fraction of sp³-hybridized carbons (Fsp3) is 0.292. The van der Waals surface area contributed by atoms with Gasteiger partial charge in [0.1, 0.15) is 16.9 Å². The zero-order chi connectivity index (χ0) is 22.8. The minimum atomic E-state index is -0.151. The number of benzene rings is 1. The summed E-state index contributed by atoms with van der Waals surface area (Å²) in [6.07, 6.45) is 0. The molecule has 0 spiro atoms. The van der Waals surface area contributed by atoms with E-state index in [0.717, 1.165) is 26.5 Å². The van der Waals surface area contributed by atoms with Crippen molar-refractivity contribution < 1.29 is 4.79 Å². The molecule has 164 valence electrons. The van der Waals surface area contributed by atoms with Gasteiger partial charge >= 0.3 is 0 Å².